The number of hydrogen-bond acceptors (Lipinski definition) is 6. The summed E-state index contributed by atoms with van der Waals surface area (Å²) in [6.07, 6.45) is 2.16. The molecule has 0 bridgehead atoms. The smallest absolute Gasteiger partial charge is 0.284 e. The summed E-state index contributed by atoms with van der Waals surface area (Å²) in [5.41, 5.74) is 0. The number of rotatable bonds is 5. The summed E-state index contributed by atoms with van der Waals surface area (Å²) in [5, 5.41) is 12.1. The normalized spacial score (nSPS) is 19.5. The van der Waals surface area contributed by atoms with Gasteiger partial charge < -0.3 is 15.0 Å². The van der Waals surface area contributed by atoms with E-state index < -0.39 is 0 Å². The molecule has 2 rings (SSSR count). The fourth-order valence-electron chi connectivity index (χ4n) is 2.16. The quantitative estimate of drug-likeness (QED) is 0.889. The number of hydrogen-bond donors (Lipinski definition) is 1. The number of piperidine rings is 1. The summed E-state index contributed by atoms with van der Waals surface area (Å²) < 4.78 is 5.60. The molecule has 1 aliphatic heterocycles. The van der Waals surface area contributed by atoms with Gasteiger partial charge in [0.15, 0.2) is 0 Å². The molecule has 0 aromatic carbocycles. The van der Waals surface area contributed by atoms with Gasteiger partial charge in [-0.3, -0.25) is 4.79 Å². The fraction of sp³-hybridized carbons (Fsp3) is 0.750. The lowest BCUT2D eigenvalue weighted by atomic mass is 10.1. The molecule has 7 heteroatoms. The first-order chi connectivity index (χ1) is 9.24. The van der Waals surface area contributed by atoms with E-state index in [0.717, 1.165) is 25.9 Å². The van der Waals surface area contributed by atoms with Crippen LogP contribution in [-0.2, 0) is 4.74 Å². The molecule has 1 aromatic rings. The van der Waals surface area contributed by atoms with Crippen molar-refractivity contribution in [2.75, 3.05) is 31.6 Å². The minimum atomic E-state index is -0.0361. The first-order valence-electron chi connectivity index (χ1n) is 6.72. The van der Waals surface area contributed by atoms with Crippen molar-refractivity contribution in [3.8, 4) is 0 Å². The molecule has 1 atom stereocenters. The molecular formula is C12H20N4O2S. The first kappa shape index (κ1) is 14.2. The molecule has 1 aliphatic rings. The van der Waals surface area contributed by atoms with E-state index in [2.05, 4.69) is 15.5 Å². The molecule has 1 aromatic heterocycles. The Morgan fingerprint density at radius 3 is 3.11 bits per heavy atom. The predicted octanol–water partition coefficient (Wildman–Crippen LogP) is 1.61. The molecule has 1 amide bonds. The Bertz CT molecular complexity index is 422. The van der Waals surface area contributed by atoms with E-state index in [1.54, 1.807) is 0 Å². The Kier molecular flexibility index (Phi) is 5.09. The average Bonchev–Trinajstić information content (AvgIpc) is 2.88. The van der Waals surface area contributed by atoms with Crippen LogP contribution in [0, 0.1) is 0 Å². The van der Waals surface area contributed by atoms with Crippen LogP contribution in [0.5, 0.6) is 0 Å². The number of carbonyl (C=O) groups excluding carboxylic acids is 1. The summed E-state index contributed by atoms with van der Waals surface area (Å²) in [6.45, 7) is 6.87. The molecule has 6 nitrogen and oxygen atoms in total. The molecular weight excluding hydrogens is 264 g/mol. The number of likely N-dealkylation sites (tertiary alicyclic amines) is 1. The van der Waals surface area contributed by atoms with Gasteiger partial charge in [-0.25, -0.2) is 0 Å². The zero-order valence-corrected chi connectivity index (χ0v) is 12.2. The molecule has 1 saturated heterocycles. The summed E-state index contributed by atoms with van der Waals surface area (Å²) in [6, 6.07) is 0. The molecule has 0 spiro atoms. The minimum absolute atomic E-state index is 0.0361. The van der Waals surface area contributed by atoms with Crippen molar-refractivity contribution in [3.05, 3.63) is 5.01 Å². The zero-order valence-electron chi connectivity index (χ0n) is 11.4. The van der Waals surface area contributed by atoms with Crippen LogP contribution >= 0.6 is 11.3 Å². The highest BCUT2D eigenvalue weighted by Crippen LogP contribution is 2.20. The Hall–Kier alpha value is -1.21. The second-order valence-electron chi connectivity index (χ2n) is 4.41. The van der Waals surface area contributed by atoms with Crippen molar-refractivity contribution < 1.29 is 9.53 Å². The van der Waals surface area contributed by atoms with Gasteiger partial charge in [-0.15, -0.1) is 10.2 Å². The van der Waals surface area contributed by atoms with Gasteiger partial charge in [-0.1, -0.05) is 11.3 Å². The van der Waals surface area contributed by atoms with Gasteiger partial charge in [0.05, 0.1) is 6.10 Å². The summed E-state index contributed by atoms with van der Waals surface area (Å²) in [4.78, 5) is 14.1. The minimum Gasteiger partial charge on any atom is -0.377 e. The molecule has 0 radical (unpaired) electrons. The number of amides is 1. The van der Waals surface area contributed by atoms with E-state index >= 15 is 0 Å². The second kappa shape index (κ2) is 6.81. The summed E-state index contributed by atoms with van der Waals surface area (Å²) >= 11 is 1.31. The van der Waals surface area contributed by atoms with E-state index in [1.165, 1.54) is 11.3 Å². The van der Waals surface area contributed by atoms with Gasteiger partial charge in [0.2, 0.25) is 10.1 Å². The predicted molar refractivity (Wildman–Crippen MR) is 74.6 cm³/mol. The van der Waals surface area contributed by atoms with E-state index in [4.69, 9.17) is 4.74 Å². The maximum absolute atomic E-state index is 12.3. The van der Waals surface area contributed by atoms with Crippen LogP contribution in [0.2, 0.25) is 0 Å². The third-order valence-corrected chi connectivity index (χ3v) is 3.87. The van der Waals surface area contributed by atoms with Crippen LogP contribution in [0.25, 0.3) is 0 Å². The lowest BCUT2D eigenvalue weighted by Gasteiger charge is -2.31. The van der Waals surface area contributed by atoms with Crippen LogP contribution in [0.4, 0.5) is 5.13 Å². The molecule has 0 aliphatic carbocycles. The maximum Gasteiger partial charge on any atom is 0.284 e. The average molecular weight is 284 g/mol. The van der Waals surface area contributed by atoms with Crippen LogP contribution < -0.4 is 5.32 Å². The maximum atomic E-state index is 12.3. The molecule has 0 saturated carbocycles. The van der Waals surface area contributed by atoms with Crippen LogP contribution in [0.15, 0.2) is 0 Å². The van der Waals surface area contributed by atoms with E-state index in [-0.39, 0.29) is 12.0 Å². The number of carbonyl (C=O) groups is 1. The van der Waals surface area contributed by atoms with E-state index in [9.17, 15) is 4.79 Å². The highest BCUT2D eigenvalue weighted by Gasteiger charge is 2.26. The number of anilines is 1. The molecule has 2 heterocycles. The fourth-order valence-corrected chi connectivity index (χ4v) is 2.94. The summed E-state index contributed by atoms with van der Waals surface area (Å²) in [5.74, 6) is -0.0361. The van der Waals surface area contributed by atoms with Gasteiger partial charge in [0.25, 0.3) is 5.91 Å². The topological polar surface area (TPSA) is 67.4 Å². The Labute approximate surface area is 117 Å². The molecule has 1 N–H and O–H groups in total. The van der Waals surface area contributed by atoms with E-state index in [0.29, 0.717) is 23.3 Å². The third kappa shape index (κ3) is 3.63. The first-order valence-corrected chi connectivity index (χ1v) is 7.54. The van der Waals surface area contributed by atoms with Gasteiger partial charge in [0, 0.05) is 26.2 Å². The molecule has 106 valence electrons. The van der Waals surface area contributed by atoms with Crippen molar-refractivity contribution in [2.45, 2.75) is 32.8 Å². The Morgan fingerprint density at radius 2 is 2.37 bits per heavy atom. The highest BCUT2D eigenvalue weighted by molar-refractivity contribution is 7.17. The molecule has 19 heavy (non-hydrogen) atoms. The molecule has 1 unspecified atom stereocenters. The van der Waals surface area contributed by atoms with Crippen molar-refractivity contribution in [1.29, 1.82) is 0 Å². The largest absolute Gasteiger partial charge is 0.377 e. The number of nitrogens with zero attached hydrogens (tertiary/aromatic N) is 3. The van der Waals surface area contributed by atoms with Gasteiger partial charge in [0.1, 0.15) is 0 Å². The van der Waals surface area contributed by atoms with Gasteiger partial charge in [-0.05, 0) is 26.7 Å². The zero-order chi connectivity index (χ0) is 13.7. The van der Waals surface area contributed by atoms with Crippen LogP contribution in [0.3, 0.4) is 0 Å². The third-order valence-electron chi connectivity index (χ3n) is 3.00. The van der Waals surface area contributed by atoms with Crippen molar-refractivity contribution >= 4 is 22.4 Å². The second-order valence-corrected chi connectivity index (χ2v) is 5.39. The van der Waals surface area contributed by atoms with Crippen molar-refractivity contribution in [1.82, 2.24) is 15.1 Å². The van der Waals surface area contributed by atoms with E-state index in [1.807, 2.05) is 18.7 Å². The standard InChI is InChI=1S/C12H20N4O2S/c1-3-13-12-15-14-10(19-12)11(17)16-7-5-6-9(8-16)18-4-2/h9H,3-8H2,1-2H3,(H,13,15). The van der Waals surface area contributed by atoms with Gasteiger partial charge >= 0.3 is 0 Å². The Morgan fingerprint density at radius 1 is 1.53 bits per heavy atom. The lowest BCUT2D eigenvalue weighted by Crippen LogP contribution is -2.43. The van der Waals surface area contributed by atoms with Crippen LogP contribution in [0.1, 0.15) is 36.5 Å². The van der Waals surface area contributed by atoms with Crippen molar-refractivity contribution in [3.63, 3.8) is 0 Å². The van der Waals surface area contributed by atoms with Gasteiger partial charge in [-0.2, -0.15) is 0 Å². The number of aromatic nitrogens is 2. The molecule has 1 fully saturated rings. The Balaban J connectivity index is 1.97. The monoisotopic (exact) mass is 284 g/mol. The number of nitrogens with one attached hydrogen (secondary N) is 1. The van der Waals surface area contributed by atoms with Crippen LogP contribution in [-0.4, -0.2) is 53.3 Å². The lowest BCUT2D eigenvalue weighted by molar-refractivity contribution is 0.00720. The van der Waals surface area contributed by atoms with Crippen molar-refractivity contribution in [2.24, 2.45) is 0 Å². The summed E-state index contributed by atoms with van der Waals surface area (Å²) in [7, 11) is 0. The highest BCUT2D eigenvalue weighted by atomic mass is 32.1. The SMILES string of the molecule is CCNc1nnc(C(=O)N2CCCC(OCC)C2)s1. The number of ether oxygens (including phenoxy) is 1.